The average molecular weight is 223 g/mol. The monoisotopic (exact) mass is 223 g/mol. The van der Waals surface area contributed by atoms with Gasteiger partial charge in [0, 0.05) is 13.1 Å². The minimum Gasteiger partial charge on any atom is -0.507 e. The van der Waals surface area contributed by atoms with Crippen molar-refractivity contribution in [1.82, 2.24) is 4.90 Å². The van der Waals surface area contributed by atoms with Gasteiger partial charge in [0.2, 0.25) is 0 Å². The Bertz CT molecular complexity index is 373. The van der Waals surface area contributed by atoms with Gasteiger partial charge in [0.25, 0.3) is 5.91 Å². The molecular weight excluding hydrogens is 206 g/mol. The molecule has 0 unspecified atom stereocenters. The first-order valence-corrected chi connectivity index (χ1v) is 5.30. The minimum absolute atomic E-state index is 0.0451. The molecule has 1 rings (SSSR count). The summed E-state index contributed by atoms with van der Waals surface area (Å²) >= 11 is 0. The van der Waals surface area contributed by atoms with Crippen molar-refractivity contribution < 1.29 is 14.6 Å². The van der Waals surface area contributed by atoms with Gasteiger partial charge in [0.15, 0.2) is 0 Å². The van der Waals surface area contributed by atoms with Gasteiger partial charge in [-0.2, -0.15) is 0 Å². The molecule has 0 atom stereocenters. The molecule has 0 bridgehead atoms. The molecule has 0 saturated heterocycles. The zero-order valence-electron chi connectivity index (χ0n) is 9.86. The zero-order valence-corrected chi connectivity index (χ0v) is 9.86. The minimum atomic E-state index is -0.208. The van der Waals surface area contributed by atoms with Gasteiger partial charge in [-0.15, -0.1) is 0 Å². The summed E-state index contributed by atoms with van der Waals surface area (Å²) in [4.78, 5) is 13.7. The predicted molar refractivity (Wildman–Crippen MR) is 61.9 cm³/mol. The van der Waals surface area contributed by atoms with Crippen molar-refractivity contribution in [2.45, 2.75) is 13.8 Å². The van der Waals surface area contributed by atoms with Crippen LogP contribution in [0.5, 0.6) is 11.5 Å². The van der Waals surface area contributed by atoms with Crippen molar-refractivity contribution in [3.05, 3.63) is 23.8 Å². The van der Waals surface area contributed by atoms with Crippen LogP contribution in [0.15, 0.2) is 18.2 Å². The summed E-state index contributed by atoms with van der Waals surface area (Å²) in [5, 5.41) is 9.71. The molecule has 1 amide bonds. The van der Waals surface area contributed by atoms with E-state index in [4.69, 9.17) is 4.74 Å². The highest BCUT2D eigenvalue weighted by Crippen LogP contribution is 2.28. The number of carbonyl (C=O) groups is 1. The van der Waals surface area contributed by atoms with E-state index in [1.165, 1.54) is 13.2 Å². The van der Waals surface area contributed by atoms with E-state index < -0.39 is 0 Å². The number of nitrogens with zero attached hydrogens (tertiary/aromatic N) is 1. The lowest BCUT2D eigenvalue weighted by Crippen LogP contribution is -2.30. The van der Waals surface area contributed by atoms with E-state index in [9.17, 15) is 9.90 Å². The summed E-state index contributed by atoms with van der Waals surface area (Å²) in [6.45, 7) is 5.00. The normalized spacial score (nSPS) is 9.94. The number of carbonyl (C=O) groups excluding carboxylic acids is 1. The largest absolute Gasteiger partial charge is 0.507 e. The number of methoxy groups -OCH3 is 1. The highest BCUT2D eigenvalue weighted by molar-refractivity contribution is 5.99. The van der Waals surface area contributed by atoms with Crippen LogP contribution in [0.25, 0.3) is 0 Å². The fourth-order valence-corrected chi connectivity index (χ4v) is 1.57. The molecule has 0 fully saturated rings. The van der Waals surface area contributed by atoms with E-state index in [1.807, 2.05) is 13.8 Å². The number of rotatable bonds is 4. The molecule has 0 aliphatic heterocycles. The Morgan fingerprint density at radius 1 is 1.38 bits per heavy atom. The predicted octanol–water partition coefficient (Wildman–Crippen LogP) is 1.88. The number of phenols is 1. The van der Waals surface area contributed by atoms with E-state index >= 15 is 0 Å². The van der Waals surface area contributed by atoms with Crippen molar-refractivity contribution in [2.24, 2.45) is 0 Å². The molecule has 4 nitrogen and oxygen atoms in total. The number of phenolic OH excluding ortho intramolecular Hbond substituents is 1. The lowest BCUT2D eigenvalue weighted by atomic mass is 10.1. The second-order valence-electron chi connectivity index (χ2n) is 3.33. The van der Waals surface area contributed by atoms with Crippen LogP contribution in [-0.4, -0.2) is 36.1 Å². The standard InChI is InChI=1S/C12H17NO3/c1-4-13(5-2)12(15)11-9(14)7-6-8-10(11)16-3/h6-8,14H,4-5H2,1-3H3. The van der Waals surface area contributed by atoms with Gasteiger partial charge in [0.05, 0.1) is 7.11 Å². The van der Waals surface area contributed by atoms with E-state index in [0.29, 0.717) is 18.8 Å². The van der Waals surface area contributed by atoms with Gasteiger partial charge in [-0.3, -0.25) is 4.79 Å². The number of hydrogen-bond acceptors (Lipinski definition) is 3. The average Bonchev–Trinajstić information content (AvgIpc) is 2.29. The number of amides is 1. The third-order valence-electron chi connectivity index (χ3n) is 2.49. The Labute approximate surface area is 95.5 Å². The first-order valence-electron chi connectivity index (χ1n) is 5.30. The molecule has 1 aromatic rings. The number of hydrogen-bond donors (Lipinski definition) is 1. The van der Waals surface area contributed by atoms with E-state index in [2.05, 4.69) is 0 Å². The summed E-state index contributed by atoms with van der Waals surface area (Å²) in [5.41, 5.74) is 0.230. The highest BCUT2D eigenvalue weighted by atomic mass is 16.5. The Hall–Kier alpha value is -1.71. The van der Waals surface area contributed by atoms with Crippen molar-refractivity contribution in [2.75, 3.05) is 20.2 Å². The Kier molecular flexibility index (Phi) is 4.17. The lowest BCUT2D eigenvalue weighted by molar-refractivity contribution is 0.0766. The number of ether oxygens (including phenoxy) is 1. The quantitative estimate of drug-likeness (QED) is 0.847. The van der Waals surface area contributed by atoms with Crippen molar-refractivity contribution in [1.29, 1.82) is 0 Å². The molecule has 4 heteroatoms. The smallest absolute Gasteiger partial charge is 0.261 e. The van der Waals surface area contributed by atoms with Crippen LogP contribution in [-0.2, 0) is 0 Å². The number of aromatic hydroxyl groups is 1. The van der Waals surface area contributed by atoms with Crippen LogP contribution >= 0.6 is 0 Å². The molecule has 1 N–H and O–H groups in total. The summed E-state index contributed by atoms with van der Waals surface area (Å²) in [7, 11) is 1.48. The van der Waals surface area contributed by atoms with Crippen LogP contribution in [0.4, 0.5) is 0 Å². The Balaban J connectivity index is 3.16. The second-order valence-corrected chi connectivity index (χ2v) is 3.33. The van der Waals surface area contributed by atoms with Crippen LogP contribution in [0.2, 0.25) is 0 Å². The molecule has 16 heavy (non-hydrogen) atoms. The SMILES string of the molecule is CCN(CC)C(=O)c1c(O)cccc1OC. The first-order chi connectivity index (χ1) is 7.65. The van der Waals surface area contributed by atoms with Crippen LogP contribution in [0, 0.1) is 0 Å². The molecule has 0 heterocycles. The topological polar surface area (TPSA) is 49.8 Å². The van der Waals surface area contributed by atoms with Crippen molar-refractivity contribution in [3.8, 4) is 11.5 Å². The Morgan fingerprint density at radius 3 is 2.50 bits per heavy atom. The van der Waals surface area contributed by atoms with Crippen LogP contribution in [0.3, 0.4) is 0 Å². The number of benzene rings is 1. The molecule has 1 aromatic carbocycles. The summed E-state index contributed by atoms with van der Waals surface area (Å²) in [5.74, 6) is 0.146. The zero-order chi connectivity index (χ0) is 12.1. The third kappa shape index (κ3) is 2.27. The van der Waals surface area contributed by atoms with E-state index in [1.54, 1.807) is 17.0 Å². The molecule has 0 aliphatic rings. The maximum Gasteiger partial charge on any atom is 0.261 e. The maximum absolute atomic E-state index is 12.1. The summed E-state index contributed by atoms with van der Waals surface area (Å²) in [6, 6.07) is 4.79. The summed E-state index contributed by atoms with van der Waals surface area (Å²) in [6.07, 6.45) is 0. The van der Waals surface area contributed by atoms with Crippen LogP contribution < -0.4 is 4.74 Å². The Morgan fingerprint density at radius 2 is 2.00 bits per heavy atom. The molecule has 0 spiro atoms. The highest BCUT2D eigenvalue weighted by Gasteiger charge is 2.20. The van der Waals surface area contributed by atoms with E-state index in [0.717, 1.165) is 0 Å². The fraction of sp³-hybridized carbons (Fsp3) is 0.417. The fourth-order valence-electron chi connectivity index (χ4n) is 1.57. The van der Waals surface area contributed by atoms with Crippen molar-refractivity contribution >= 4 is 5.91 Å². The lowest BCUT2D eigenvalue weighted by Gasteiger charge is -2.20. The molecule has 0 aromatic heterocycles. The molecule has 0 saturated carbocycles. The molecular formula is C12H17NO3. The molecule has 88 valence electrons. The van der Waals surface area contributed by atoms with E-state index in [-0.39, 0.29) is 17.2 Å². The summed E-state index contributed by atoms with van der Waals surface area (Å²) < 4.78 is 5.08. The van der Waals surface area contributed by atoms with Crippen LogP contribution in [0.1, 0.15) is 24.2 Å². The second kappa shape index (κ2) is 5.39. The van der Waals surface area contributed by atoms with Gasteiger partial charge in [-0.1, -0.05) is 6.07 Å². The maximum atomic E-state index is 12.1. The van der Waals surface area contributed by atoms with Gasteiger partial charge < -0.3 is 14.7 Å². The van der Waals surface area contributed by atoms with Gasteiger partial charge in [-0.25, -0.2) is 0 Å². The first kappa shape index (κ1) is 12.4. The van der Waals surface area contributed by atoms with Gasteiger partial charge in [0.1, 0.15) is 17.1 Å². The van der Waals surface area contributed by atoms with Gasteiger partial charge in [-0.05, 0) is 26.0 Å². The molecule has 0 radical (unpaired) electrons. The van der Waals surface area contributed by atoms with Gasteiger partial charge >= 0.3 is 0 Å². The van der Waals surface area contributed by atoms with Crippen molar-refractivity contribution in [3.63, 3.8) is 0 Å². The molecule has 0 aliphatic carbocycles. The third-order valence-corrected chi connectivity index (χ3v) is 2.49.